The monoisotopic (exact) mass is 209 g/mol. The van der Waals surface area contributed by atoms with E-state index in [1.54, 1.807) is 0 Å². The van der Waals surface area contributed by atoms with Gasteiger partial charge in [-0.25, -0.2) is 0 Å². The fraction of sp³-hybridized carbons (Fsp3) is 1.00. The molecular weight excluding hydrogens is 182 g/mol. The summed E-state index contributed by atoms with van der Waals surface area (Å²) in [5.74, 6) is 0.892. The molecule has 1 unspecified atom stereocenters. The molecule has 0 radical (unpaired) electrons. The number of rotatable bonds is 0. The quantitative estimate of drug-likeness (QED) is 0.590. The van der Waals surface area contributed by atoms with E-state index in [9.17, 15) is 0 Å². The Morgan fingerprint density at radius 2 is 1.40 bits per heavy atom. The molecule has 0 amide bonds. The van der Waals surface area contributed by atoms with Crippen LogP contribution in [-0.4, -0.2) is 23.5 Å². The highest BCUT2D eigenvalue weighted by Gasteiger charge is 2.55. The highest BCUT2D eigenvalue weighted by atomic mass is 15.2. The molecule has 1 saturated carbocycles. The van der Waals surface area contributed by atoms with Crippen LogP contribution in [0.1, 0.15) is 54.4 Å². The minimum Gasteiger partial charge on any atom is -0.297 e. The lowest BCUT2D eigenvalue weighted by Gasteiger charge is -2.52. The highest BCUT2D eigenvalue weighted by molar-refractivity contribution is 5.06. The number of likely N-dealkylation sites (tertiary alicyclic amines) is 1. The largest absolute Gasteiger partial charge is 0.297 e. The Hall–Kier alpha value is -0.0400. The maximum Gasteiger partial charge on any atom is 0.0125 e. The Balaban J connectivity index is 2.27. The first kappa shape index (κ1) is 11.4. The van der Waals surface area contributed by atoms with Gasteiger partial charge in [0, 0.05) is 18.6 Å². The van der Waals surface area contributed by atoms with Gasteiger partial charge in [0.1, 0.15) is 0 Å². The third kappa shape index (κ3) is 1.63. The predicted molar refractivity (Wildman–Crippen MR) is 65.9 cm³/mol. The van der Waals surface area contributed by atoms with E-state index >= 15 is 0 Å². The number of nitrogens with zero attached hydrogens (tertiary/aromatic N) is 1. The molecule has 0 N–H and O–H groups in total. The second-order valence-corrected chi connectivity index (χ2v) is 7.56. The van der Waals surface area contributed by atoms with Crippen molar-refractivity contribution in [1.82, 2.24) is 4.90 Å². The van der Waals surface area contributed by atoms with Crippen molar-refractivity contribution in [3.8, 4) is 0 Å². The average Bonchev–Trinajstić information content (AvgIpc) is 2.27. The lowest BCUT2D eigenvalue weighted by atomic mass is 9.67. The van der Waals surface area contributed by atoms with Crippen LogP contribution >= 0.6 is 0 Å². The lowest BCUT2D eigenvalue weighted by Crippen LogP contribution is -2.56. The molecule has 0 spiro atoms. The Kier molecular flexibility index (Phi) is 2.29. The van der Waals surface area contributed by atoms with E-state index in [2.05, 4.69) is 46.4 Å². The minimum absolute atomic E-state index is 0.340. The summed E-state index contributed by atoms with van der Waals surface area (Å²) in [6.07, 6.45) is 2.86. The second kappa shape index (κ2) is 3.00. The summed E-state index contributed by atoms with van der Waals surface area (Å²) in [4.78, 5) is 2.71. The molecule has 1 nitrogen and oxygen atoms in total. The predicted octanol–water partition coefficient (Wildman–Crippen LogP) is 3.54. The molecule has 88 valence electrons. The van der Waals surface area contributed by atoms with Crippen LogP contribution in [0, 0.1) is 16.7 Å². The number of fused-ring (bicyclic) bond motifs is 2. The van der Waals surface area contributed by atoms with Crippen LogP contribution in [0.4, 0.5) is 0 Å². The zero-order valence-electron chi connectivity index (χ0n) is 11.4. The first-order valence-corrected chi connectivity index (χ1v) is 6.42. The smallest absolute Gasteiger partial charge is 0.0125 e. The van der Waals surface area contributed by atoms with Gasteiger partial charge in [-0.1, -0.05) is 20.8 Å². The van der Waals surface area contributed by atoms with Gasteiger partial charge < -0.3 is 0 Å². The van der Waals surface area contributed by atoms with Gasteiger partial charge >= 0.3 is 0 Å². The topological polar surface area (TPSA) is 3.24 Å². The van der Waals surface area contributed by atoms with Gasteiger partial charge in [0.15, 0.2) is 0 Å². The summed E-state index contributed by atoms with van der Waals surface area (Å²) in [5, 5.41) is 0. The molecular formula is C14H27N. The van der Waals surface area contributed by atoms with Gasteiger partial charge in [0.2, 0.25) is 0 Å². The Morgan fingerprint density at radius 1 is 1.00 bits per heavy atom. The Labute approximate surface area is 95.2 Å². The molecule has 2 aliphatic rings. The van der Waals surface area contributed by atoms with Gasteiger partial charge in [-0.3, -0.25) is 4.90 Å². The molecule has 3 atom stereocenters. The molecule has 0 aromatic rings. The van der Waals surface area contributed by atoms with Crippen molar-refractivity contribution < 1.29 is 0 Å². The van der Waals surface area contributed by atoms with Gasteiger partial charge in [-0.2, -0.15) is 0 Å². The van der Waals surface area contributed by atoms with Crippen LogP contribution in [0.2, 0.25) is 0 Å². The van der Waals surface area contributed by atoms with Crippen LogP contribution in [0.5, 0.6) is 0 Å². The normalized spacial score (nSPS) is 47.2. The average molecular weight is 209 g/mol. The minimum atomic E-state index is 0.340. The molecule has 1 heterocycles. The van der Waals surface area contributed by atoms with Gasteiger partial charge in [-0.15, -0.1) is 0 Å². The Bertz CT molecular complexity index is 245. The molecule has 0 aromatic carbocycles. The first-order chi connectivity index (χ1) is 6.67. The van der Waals surface area contributed by atoms with Crippen molar-refractivity contribution in [3.63, 3.8) is 0 Å². The first-order valence-electron chi connectivity index (χ1n) is 6.42. The van der Waals surface area contributed by atoms with E-state index in [0.717, 1.165) is 5.92 Å². The molecule has 15 heavy (non-hydrogen) atoms. The van der Waals surface area contributed by atoms with Crippen molar-refractivity contribution in [2.75, 3.05) is 13.1 Å². The lowest BCUT2D eigenvalue weighted by molar-refractivity contribution is -0.0390. The number of piperidine rings is 1. The Morgan fingerprint density at radius 3 is 1.73 bits per heavy atom. The van der Waals surface area contributed by atoms with E-state index in [1.807, 2.05) is 0 Å². The molecule has 2 bridgehead atoms. The standard InChI is InChI=1S/C14H27N/c1-11-13(5)7-8-14(11,6)10-15(9-13)12(2,3)4/h11H,7-10H2,1-6H3/t11?,13-,14+. The van der Waals surface area contributed by atoms with Crippen LogP contribution in [0.3, 0.4) is 0 Å². The highest BCUT2D eigenvalue weighted by Crippen LogP contribution is 2.58. The third-order valence-electron chi connectivity index (χ3n) is 5.41. The molecule has 2 rings (SSSR count). The van der Waals surface area contributed by atoms with Gasteiger partial charge in [0.25, 0.3) is 0 Å². The second-order valence-electron chi connectivity index (χ2n) is 7.56. The number of hydrogen-bond acceptors (Lipinski definition) is 1. The third-order valence-corrected chi connectivity index (χ3v) is 5.41. The molecule has 1 aliphatic carbocycles. The molecule has 1 saturated heterocycles. The van der Waals surface area contributed by atoms with E-state index in [-0.39, 0.29) is 0 Å². The van der Waals surface area contributed by atoms with Crippen LogP contribution < -0.4 is 0 Å². The van der Waals surface area contributed by atoms with E-state index < -0.39 is 0 Å². The van der Waals surface area contributed by atoms with Crippen molar-refractivity contribution in [2.45, 2.75) is 59.9 Å². The zero-order chi connectivity index (χ0) is 11.5. The molecule has 1 heteroatoms. The summed E-state index contributed by atoms with van der Waals surface area (Å²) in [6.45, 7) is 17.1. The fourth-order valence-electron chi connectivity index (χ4n) is 3.68. The van der Waals surface area contributed by atoms with E-state index in [4.69, 9.17) is 0 Å². The van der Waals surface area contributed by atoms with Crippen LogP contribution in [-0.2, 0) is 0 Å². The maximum atomic E-state index is 2.71. The molecule has 0 aromatic heterocycles. The van der Waals surface area contributed by atoms with Crippen molar-refractivity contribution in [1.29, 1.82) is 0 Å². The van der Waals surface area contributed by atoms with Crippen molar-refractivity contribution in [3.05, 3.63) is 0 Å². The fourth-order valence-corrected chi connectivity index (χ4v) is 3.68. The zero-order valence-corrected chi connectivity index (χ0v) is 11.4. The SMILES string of the molecule is CC1[C@@]2(C)CC[C@]1(C)CN(C(C)(C)C)C2. The summed E-state index contributed by atoms with van der Waals surface area (Å²) >= 11 is 0. The van der Waals surface area contributed by atoms with Gasteiger partial charge in [-0.05, 0) is 50.4 Å². The van der Waals surface area contributed by atoms with Crippen molar-refractivity contribution >= 4 is 0 Å². The van der Waals surface area contributed by atoms with E-state index in [0.29, 0.717) is 16.4 Å². The van der Waals surface area contributed by atoms with Gasteiger partial charge in [0.05, 0.1) is 0 Å². The maximum absolute atomic E-state index is 2.71. The summed E-state index contributed by atoms with van der Waals surface area (Å²) < 4.78 is 0. The van der Waals surface area contributed by atoms with Crippen LogP contribution in [0.15, 0.2) is 0 Å². The molecule has 2 fully saturated rings. The number of hydrogen-bond donors (Lipinski definition) is 0. The van der Waals surface area contributed by atoms with Crippen LogP contribution in [0.25, 0.3) is 0 Å². The summed E-state index contributed by atoms with van der Waals surface area (Å²) in [5.41, 5.74) is 1.48. The van der Waals surface area contributed by atoms with Crippen molar-refractivity contribution in [2.24, 2.45) is 16.7 Å². The molecule has 1 aliphatic heterocycles. The summed E-state index contributed by atoms with van der Waals surface area (Å²) in [7, 11) is 0. The van der Waals surface area contributed by atoms with E-state index in [1.165, 1.54) is 25.9 Å². The summed E-state index contributed by atoms with van der Waals surface area (Å²) in [6, 6.07) is 0.